The number of benzene rings is 2. The minimum atomic E-state index is -0.0890. The molecule has 3 atom stereocenters. The second kappa shape index (κ2) is 10.4. The summed E-state index contributed by atoms with van der Waals surface area (Å²) in [6.45, 7) is 8.86. The number of nitrogens with zero attached hydrogens (tertiary/aromatic N) is 1. The van der Waals surface area contributed by atoms with Gasteiger partial charge in [0.25, 0.3) is 5.91 Å². The van der Waals surface area contributed by atoms with E-state index in [0.29, 0.717) is 18.0 Å². The van der Waals surface area contributed by atoms with Crippen molar-refractivity contribution in [3.63, 3.8) is 0 Å². The van der Waals surface area contributed by atoms with Gasteiger partial charge in [-0.05, 0) is 61.7 Å². The summed E-state index contributed by atoms with van der Waals surface area (Å²) in [5.74, 6) is 0.593. The van der Waals surface area contributed by atoms with Gasteiger partial charge in [0.15, 0.2) is 0 Å². The number of hydrogen-bond acceptors (Lipinski definition) is 3. The van der Waals surface area contributed by atoms with Crippen LogP contribution < -0.4 is 10.6 Å². The lowest BCUT2D eigenvalue weighted by Gasteiger charge is -2.30. The van der Waals surface area contributed by atoms with Crippen LogP contribution in [0.3, 0.4) is 0 Å². The molecule has 1 aliphatic rings. The predicted molar refractivity (Wildman–Crippen MR) is 122 cm³/mol. The summed E-state index contributed by atoms with van der Waals surface area (Å²) in [7, 11) is 0. The lowest BCUT2D eigenvalue weighted by molar-refractivity contribution is -0.117. The highest BCUT2D eigenvalue weighted by atomic mass is 16.2. The molecule has 5 nitrogen and oxygen atoms in total. The van der Waals surface area contributed by atoms with Crippen molar-refractivity contribution in [2.24, 2.45) is 11.8 Å². The molecule has 160 valence electrons. The molecule has 3 unspecified atom stereocenters. The van der Waals surface area contributed by atoms with Crippen LogP contribution >= 0.6 is 0 Å². The Morgan fingerprint density at radius 3 is 2.23 bits per heavy atom. The van der Waals surface area contributed by atoms with Crippen LogP contribution in [0.25, 0.3) is 0 Å². The van der Waals surface area contributed by atoms with Gasteiger partial charge in [-0.25, -0.2) is 0 Å². The number of carbonyl (C=O) groups excluding carboxylic acids is 2. The molecule has 0 aliphatic heterocycles. The maximum atomic E-state index is 12.7. The fourth-order valence-corrected chi connectivity index (χ4v) is 3.90. The van der Waals surface area contributed by atoms with Crippen molar-refractivity contribution in [3.05, 3.63) is 65.7 Å². The lowest BCUT2D eigenvalue weighted by atomic mass is 10.0. The van der Waals surface area contributed by atoms with Crippen LogP contribution in [0.2, 0.25) is 0 Å². The van der Waals surface area contributed by atoms with E-state index in [9.17, 15) is 9.59 Å². The normalized spacial score (nSPS) is 18.7. The SMILES string of the molecule is CCN(CC)C(CNC(=O)c1ccc(NC(=O)C2CC2C)cc1)Cc1ccccc1. The topological polar surface area (TPSA) is 61.4 Å². The molecule has 1 fully saturated rings. The molecule has 0 aromatic heterocycles. The Hall–Kier alpha value is -2.66. The molecule has 3 rings (SSSR count). The van der Waals surface area contributed by atoms with Crippen molar-refractivity contribution < 1.29 is 9.59 Å². The van der Waals surface area contributed by atoms with Crippen molar-refractivity contribution in [2.75, 3.05) is 25.0 Å². The van der Waals surface area contributed by atoms with Crippen LogP contribution in [0.5, 0.6) is 0 Å². The molecule has 2 N–H and O–H groups in total. The van der Waals surface area contributed by atoms with E-state index in [1.165, 1.54) is 5.56 Å². The van der Waals surface area contributed by atoms with Crippen LogP contribution in [-0.4, -0.2) is 42.4 Å². The third-order valence-electron chi connectivity index (χ3n) is 6.00. The molecule has 0 spiro atoms. The summed E-state index contributed by atoms with van der Waals surface area (Å²) in [4.78, 5) is 27.1. The number of hydrogen-bond donors (Lipinski definition) is 2. The van der Waals surface area contributed by atoms with Gasteiger partial charge < -0.3 is 10.6 Å². The van der Waals surface area contributed by atoms with E-state index in [1.54, 1.807) is 24.3 Å². The Morgan fingerprint density at radius 2 is 1.67 bits per heavy atom. The minimum absolute atomic E-state index is 0.0719. The Balaban J connectivity index is 1.56. The Labute approximate surface area is 179 Å². The van der Waals surface area contributed by atoms with Crippen LogP contribution in [0.4, 0.5) is 5.69 Å². The monoisotopic (exact) mass is 407 g/mol. The van der Waals surface area contributed by atoms with Crippen molar-refractivity contribution in [1.29, 1.82) is 0 Å². The lowest BCUT2D eigenvalue weighted by Crippen LogP contribution is -2.45. The largest absolute Gasteiger partial charge is 0.350 e. The maximum Gasteiger partial charge on any atom is 0.251 e. The maximum absolute atomic E-state index is 12.7. The van der Waals surface area contributed by atoms with Crippen LogP contribution in [0, 0.1) is 11.8 Å². The minimum Gasteiger partial charge on any atom is -0.350 e. The zero-order chi connectivity index (χ0) is 21.5. The molecule has 2 aromatic carbocycles. The number of rotatable bonds is 10. The first-order chi connectivity index (χ1) is 14.5. The summed E-state index contributed by atoms with van der Waals surface area (Å²) >= 11 is 0. The third kappa shape index (κ3) is 5.92. The number of likely N-dealkylation sites (N-methyl/N-ethyl adjacent to an activating group) is 1. The fourth-order valence-electron chi connectivity index (χ4n) is 3.90. The summed E-state index contributed by atoms with van der Waals surface area (Å²) in [6.07, 6.45) is 1.86. The summed E-state index contributed by atoms with van der Waals surface area (Å²) in [6, 6.07) is 17.8. The highest BCUT2D eigenvalue weighted by Crippen LogP contribution is 2.38. The van der Waals surface area contributed by atoms with Gasteiger partial charge in [0.2, 0.25) is 5.91 Å². The average Bonchev–Trinajstić information content (AvgIpc) is 3.50. The number of nitrogens with one attached hydrogen (secondary N) is 2. The van der Waals surface area contributed by atoms with E-state index >= 15 is 0 Å². The second-order valence-corrected chi connectivity index (χ2v) is 8.16. The molecular weight excluding hydrogens is 374 g/mol. The molecule has 1 saturated carbocycles. The molecular formula is C25H33N3O2. The first-order valence-corrected chi connectivity index (χ1v) is 11.0. The number of amides is 2. The van der Waals surface area contributed by atoms with E-state index in [0.717, 1.165) is 31.6 Å². The zero-order valence-corrected chi connectivity index (χ0v) is 18.2. The first kappa shape index (κ1) is 22.0. The van der Waals surface area contributed by atoms with Crippen molar-refractivity contribution in [3.8, 4) is 0 Å². The smallest absolute Gasteiger partial charge is 0.251 e. The van der Waals surface area contributed by atoms with Gasteiger partial charge in [-0.2, -0.15) is 0 Å². The summed E-state index contributed by atoms with van der Waals surface area (Å²) in [5.41, 5.74) is 2.61. The molecule has 0 radical (unpaired) electrons. The molecule has 30 heavy (non-hydrogen) atoms. The molecule has 2 aromatic rings. The predicted octanol–water partition coefficient (Wildman–Crippen LogP) is 3.96. The zero-order valence-electron chi connectivity index (χ0n) is 18.2. The summed E-state index contributed by atoms with van der Waals surface area (Å²) < 4.78 is 0. The van der Waals surface area contributed by atoms with E-state index < -0.39 is 0 Å². The molecule has 0 bridgehead atoms. The fraction of sp³-hybridized carbons (Fsp3) is 0.440. The second-order valence-electron chi connectivity index (χ2n) is 8.16. The van der Waals surface area contributed by atoms with E-state index in [-0.39, 0.29) is 23.8 Å². The standard InChI is InChI=1S/C25H33N3O2/c1-4-28(5-2)22(16-19-9-7-6-8-10-19)17-26-24(29)20-11-13-21(14-12-20)27-25(30)23-15-18(23)3/h6-14,18,22-23H,4-5,15-17H2,1-3H3,(H,26,29)(H,27,30). The van der Waals surface area contributed by atoms with E-state index in [1.807, 2.05) is 6.07 Å². The first-order valence-electron chi connectivity index (χ1n) is 11.0. The van der Waals surface area contributed by atoms with Gasteiger partial charge in [0, 0.05) is 29.8 Å². The van der Waals surface area contributed by atoms with Gasteiger partial charge in [0.05, 0.1) is 0 Å². The van der Waals surface area contributed by atoms with Crippen LogP contribution in [-0.2, 0) is 11.2 Å². The molecule has 0 saturated heterocycles. The van der Waals surface area contributed by atoms with E-state index in [4.69, 9.17) is 0 Å². The van der Waals surface area contributed by atoms with Crippen molar-refractivity contribution in [1.82, 2.24) is 10.2 Å². The Morgan fingerprint density at radius 1 is 1.03 bits per heavy atom. The molecule has 5 heteroatoms. The Kier molecular flexibility index (Phi) is 7.63. The molecule has 1 aliphatic carbocycles. The van der Waals surface area contributed by atoms with Gasteiger partial charge in [-0.15, -0.1) is 0 Å². The summed E-state index contributed by atoms with van der Waals surface area (Å²) in [5, 5.41) is 6.03. The number of carbonyl (C=O) groups is 2. The van der Waals surface area contributed by atoms with Crippen LogP contribution in [0.1, 0.15) is 43.1 Å². The average molecular weight is 408 g/mol. The van der Waals surface area contributed by atoms with Gasteiger partial charge >= 0.3 is 0 Å². The quantitative estimate of drug-likeness (QED) is 0.627. The molecule has 0 heterocycles. The van der Waals surface area contributed by atoms with Crippen molar-refractivity contribution in [2.45, 2.75) is 39.7 Å². The van der Waals surface area contributed by atoms with Gasteiger partial charge in [-0.1, -0.05) is 51.1 Å². The van der Waals surface area contributed by atoms with Gasteiger partial charge in [-0.3, -0.25) is 14.5 Å². The van der Waals surface area contributed by atoms with Crippen molar-refractivity contribution >= 4 is 17.5 Å². The molecule has 2 amide bonds. The Bertz CT molecular complexity index is 831. The number of anilines is 1. The van der Waals surface area contributed by atoms with Gasteiger partial charge in [0.1, 0.15) is 0 Å². The van der Waals surface area contributed by atoms with Crippen LogP contribution in [0.15, 0.2) is 54.6 Å². The third-order valence-corrected chi connectivity index (χ3v) is 6.00. The highest BCUT2D eigenvalue weighted by molar-refractivity contribution is 5.97. The van der Waals surface area contributed by atoms with E-state index in [2.05, 4.69) is 60.6 Å². The highest BCUT2D eigenvalue weighted by Gasteiger charge is 2.39.